The predicted octanol–water partition coefficient (Wildman–Crippen LogP) is 3.45. The minimum atomic E-state index is -3.82. The fraction of sp³-hybridized carbons (Fsp3) is 0. The largest absolute Gasteiger partial charge is 0.280 e. The molecule has 0 unspecified atom stereocenters. The van der Waals surface area contributed by atoms with Gasteiger partial charge in [0, 0.05) is 17.2 Å². The number of hydrogen-bond acceptors (Lipinski definition) is 5. The molecule has 3 aromatic rings. The molecule has 0 radical (unpaired) electrons. The number of hydrogen-bond donors (Lipinski definition) is 1. The third kappa shape index (κ3) is 4.16. The number of rotatable bonds is 5. The van der Waals surface area contributed by atoms with Gasteiger partial charge in [-0.05, 0) is 47.2 Å². The number of allylic oxidation sites excluding steroid dienone is 1. The molecular formula is C19H14N2O4S2. The van der Waals surface area contributed by atoms with Gasteiger partial charge < -0.3 is 0 Å². The Hall–Kier alpha value is -3.15. The van der Waals surface area contributed by atoms with Gasteiger partial charge in [-0.3, -0.25) is 4.72 Å². The summed E-state index contributed by atoms with van der Waals surface area (Å²) in [6.07, 6.45) is 0.867. The molecule has 0 saturated carbocycles. The molecule has 8 heteroatoms. The second-order valence-electron chi connectivity index (χ2n) is 5.62. The van der Waals surface area contributed by atoms with Gasteiger partial charge >= 0.3 is 0 Å². The van der Waals surface area contributed by atoms with Crippen LogP contribution >= 0.6 is 0 Å². The maximum Gasteiger partial charge on any atom is 0.261 e. The molecule has 0 fully saturated rings. The van der Waals surface area contributed by atoms with E-state index >= 15 is 0 Å². The summed E-state index contributed by atoms with van der Waals surface area (Å²) in [6.45, 7) is 0. The van der Waals surface area contributed by atoms with Gasteiger partial charge in [-0.2, -0.15) is 5.26 Å². The zero-order valence-corrected chi connectivity index (χ0v) is 15.5. The summed E-state index contributed by atoms with van der Waals surface area (Å²) in [5.41, 5.74) is 0.228. The van der Waals surface area contributed by atoms with E-state index in [0.29, 0.717) is 0 Å². The second-order valence-corrected chi connectivity index (χ2v) is 9.13. The average Bonchev–Trinajstić information content (AvgIpc) is 2.66. The zero-order valence-electron chi connectivity index (χ0n) is 13.9. The van der Waals surface area contributed by atoms with E-state index < -0.39 is 19.9 Å². The highest BCUT2D eigenvalue weighted by Crippen LogP contribution is 2.22. The van der Waals surface area contributed by atoms with Crippen molar-refractivity contribution in [2.24, 2.45) is 0 Å². The van der Waals surface area contributed by atoms with Crippen LogP contribution in [-0.4, -0.2) is 16.8 Å². The number of anilines is 1. The highest BCUT2D eigenvalue weighted by molar-refractivity contribution is 7.94. The summed E-state index contributed by atoms with van der Waals surface area (Å²) in [5, 5.41) is 11.0. The Balaban J connectivity index is 1.87. The number of nitriles is 1. The molecular weight excluding hydrogens is 384 g/mol. The molecule has 0 aliphatic carbocycles. The van der Waals surface area contributed by atoms with Crippen LogP contribution in [0.1, 0.15) is 0 Å². The van der Waals surface area contributed by atoms with Crippen molar-refractivity contribution in [1.29, 1.82) is 5.26 Å². The quantitative estimate of drug-likeness (QED) is 0.663. The van der Waals surface area contributed by atoms with Crippen molar-refractivity contribution in [3.63, 3.8) is 0 Å². The molecule has 3 aromatic carbocycles. The molecule has 0 bridgehead atoms. The molecule has 0 aromatic heterocycles. The lowest BCUT2D eigenvalue weighted by Crippen LogP contribution is -2.13. The zero-order chi connectivity index (χ0) is 19.5. The molecule has 27 heavy (non-hydrogen) atoms. The third-order valence-corrected chi connectivity index (χ3v) is 6.59. The van der Waals surface area contributed by atoms with Crippen LogP contribution < -0.4 is 4.72 Å². The minimum Gasteiger partial charge on any atom is -0.280 e. The van der Waals surface area contributed by atoms with Gasteiger partial charge in [0.1, 0.15) is 0 Å². The van der Waals surface area contributed by atoms with Gasteiger partial charge in [0.2, 0.25) is 9.84 Å². The van der Waals surface area contributed by atoms with Crippen molar-refractivity contribution in [1.82, 2.24) is 0 Å². The highest BCUT2D eigenvalue weighted by atomic mass is 32.2. The average molecular weight is 398 g/mol. The van der Waals surface area contributed by atoms with Crippen LogP contribution in [0.3, 0.4) is 0 Å². The molecule has 0 atom stereocenters. The monoisotopic (exact) mass is 398 g/mol. The van der Waals surface area contributed by atoms with Gasteiger partial charge in [-0.15, -0.1) is 0 Å². The number of fused-ring (bicyclic) bond motifs is 1. The fourth-order valence-electron chi connectivity index (χ4n) is 2.46. The van der Waals surface area contributed by atoms with Crippen LogP contribution in [-0.2, 0) is 19.9 Å². The molecule has 1 N–H and O–H groups in total. The first kappa shape index (κ1) is 18.6. The van der Waals surface area contributed by atoms with Crippen molar-refractivity contribution in [2.75, 3.05) is 4.72 Å². The SMILES string of the molecule is N#CC=CS(=O)(=O)c1ccc(NS(=O)(=O)c2ccc3ccccc3c2)cc1. The normalized spacial score (nSPS) is 12.1. The first-order valence-electron chi connectivity index (χ1n) is 7.75. The first-order valence-corrected chi connectivity index (χ1v) is 10.8. The number of nitrogens with one attached hydrogen (secondary N) is 1. The Morgan fingerprint density at radius 3 is 2.11 bits per heavy atom. The van der Waals surface area contributed by atoms with E-state index in [4.69, 9.17) is 5.26 Å². The van der Waals surface area contributed by atoms with E-state index in [-0.39, 0.29) is 15.5 Å². The van der Waals surface area contributed by atoms with Crippen LogP contribution in [0.2, 0.25) is 0 Å². The molecule has 0 aliphatic rings. The number of sulfonamides is 1. The van der Waals surface area contributed by atoms with E-state index in [2.05, 4.69) is 4.72 Å². The third-order valence-electron chi connectivity index (χ3n) is 3.79. The van der Waals surface area contributed by atoms with E-state index in [0.717, 1.165) is 22.3 Å². The van der Waals surface area contributed by atoms with E-state index in [9.17, 15) is 16.8 Å². The number of nitrogens with zero attached hydrogens (tertiary/aromatic N) is 1. The van der Waals surface area contributed by atoms with Crippen LogP contribution in [0, 0.1) is 11.3 Å². The van der Waals surface area contributed by atoms with Crippen LogP contribution in [0.25, 0.3) is 10.8 Å². The van der Waals surface area contributed by atoms with Crippen LogP contribution in [0.15, 0.2) is 88.0 Å². The molecule has 0 spiro atoms. The fourth-order valence-corrected chi connectivity index (χ4v) is 4.47. The summed E-state index contributed by atoms with van der Waals surface area (Å²) in [4.78, 5) is 0.0671. The Bertz CT molecular complexity index is 1270. The summed E-state index contributed by atoms with van der Waals surface area (Å²) < 4.78 is 51.5. The Labute approximate surface area is 157 Å². The summed E-state index contributed by atoms with van der Waals surface area (Å²) >= 11 is 0. The number of benzene rings is 3. The Kier molecular flexibility index (Phi) is 4.99. The highest BCUT2D eigenvalue weighted by Gasteiger charge is 2.16. The lowest BCUT2D eigenvalue weighted by molar-refractivity contribution is 0.601. The van der Waals surface area contributed by atoms with Crippen molar-refractivity contribution in [3.05, 3.63) is 78.2 Å². The van der Waals surface area contributed by atoms with Gasteiger partial charge in [0.05, 0.1) is 15.9 Å². The maximum absolute atomic E-state index is 12.6. The van der Waals surface area contributed by atoms with Gasteiger partial charge in [-0.25, -0.2) is 16.8 Å². The van der Waals surface area contributed by atoms with Crippen molar-refractivity contribution >= 4 is 36.3 Å². The standard InChI is InChI=1S/C19H14N2O4S2/c20-12-3-13-26(22,23)18-10-7-17(8-11-18)21-27(24,25)19-9-6-15-4-1-2-5-16(15)14-19/h1-11,13-14,21H. The molecule has 0 saturated heterocycles. The van der Waals surface area contributed by atoms with Gasteiger partial charge in [0.15, 0.2) is 0 Å². The van der Waals surface area contributed by atoms with Crippen molar-refractivity contribution in [3.8, 4) is 6.07 Å². The topological polar surface area (TPSA) is 104 Å². The molecule has 3 rings (SSSR count). The van der Waals surface area contributed by atoms with Gasteiger partial charge in [-0.1, -0.05) is 30.3 Å². The van der Waals surface area contributed by atoms with E-state index in [1.54, 1.807) is 18.2 Å². The summed E-state index contributed by atoms with van der Waals surface area (Å²) in [5.74, 6) is 0. The number of sulfone groups is 1. The lowest BCUT2D eigenvalue weighted by atomic mass is 10.1. The first-order chi connectivity index (χ1) is 12.8. The van der Waals surface area contributed by atoms with E-state index in [1.165, 1.54) is 30.3 Å². The van der Waals surface area contributed by atoms with E-state index in [1.807, 2.05) is 24.3 Å². The second kappa shape index (κ2) is 7.23. The summed E-state index contributed by atoms with van der Waals surface area (Å²) in [7, 11) is -7.56. The van der Waals surface area contributed by atoms with Crippen LogP contribution in [0.4, 0.5) is 5.69 Å². The smallest absolute Gasteiger partial charge is 0.261 e. The van der Waals surface area contributed by atoms with Crippen molar-refractivity contribution in [2.45, 2.75) is 9.79 Å². The summed E-state index contributed by atoms with van der Waals surface area (Å²) in [6, 6.07) is 19.1. The molecule has 0 aliphatic heterocycles. The predicted molar refractivity (Wildman–Crippen MR) is 103 cm³/mol. The lowest BCUT2D eigenvalue weighted by Gasteiger charge is -2.09. The minimum absolute atomic E-state index is 0.0392. The maximum atomic E-state index is 12.6. The molecule has 6 nitrogen and oxygen atoms in total. The van der Waals surface area contributed by atoms with Crippen molar-refractivity contribution < 1.29 is 16.8 Å². The van der Waals surface area contributed by atoms with Crippen LogP contribution in [0.5, 0.6) is 0 Å². The molecule has 136 valence electrons. The Morgan fingerprint density at radius 2 is 1.44 bits per heavy atom. The van der Waals surface area contributed by atoms with Gasteiger partial charge in [0.25, 0.3) is 10.0 Å². The molecule has 0 amide bonds. The Morgan fingerprint density at radius 1 is 0.815 bits per heavy atom. The molecule has 0 heterocycles.